The number of nitrogens with zero attached hydrogens (tertiary/aromatic N) is 3. The molecule has 156 valence electrons. The second-order valence-electron chi connectivity index (χ2n) is 6.42. The van der Waals surface area contributed by atoms with Gasteiger partial charge < -0.3 is 19.7 Å². The lowest BCUT2D eigenvalue weighted by atomic mass is 10.1. The van der Waals surface area contributed by atoms with Crippen molar-refractivity contribution in [2.75, 3.05) is 33.9 Å². The third-order valence-corrected chi connectivity index (χ3v) is 4.36. The second kappa shape index (κ2) is 11.6. The van der Waals surface area contributed by atoms with Crippen molar-refractivity contribution >= 4 is 11.8 Å². The van der Waals surface area contributed by atoms with E-state index in [4.69, 9.17) is 9.47 Å². The fourth-order valence-electron chi connectivity index (χ4n) is 2.86. The van der Waals surface area contributed by atoms with E-state index >= 15 is 0 Å². The van der Waals surface area contributed by atoms with Crippen molar-refractivity contribution < 1.29 is 19.1 Å². The molecule has 29 heavy (non-hydrogen) atoms. The lowest BCUT2D eigenvalue weighted by Crippen LogP contribution is -2.36. The third kappa shape index (κ3) is 6.74. The van der Waals surface area contributed by atoms with E-state index in [1.807, 2.05) is 25.1 Å². The molecule has 1 aromatic heterocycles. The van der Waals surface area contributed by atoms with Crippen LogP contribution in [0.5, 0.6) is 11.5 Å². The van der Waals surface area contributed by atoms with Gasteiger partial charge in [-0.3, -0.25) is 14.6 Å². The Morgan fingerprint density at radius 3 is 2.55 bits per heavy atom. The first-order chi connectivity index (χ1) is 14.1. The summed E-state index contributed by atoms with van der Waals surface area (Å²) in [7, 11) is 3.18. The van der Waals surface area contributed by atoms with Crippen molar-refractivity contribution in [2.45, 2.75) is 26.2 Å². The molecule has 0 aliphatic rings. The van der Waals surface area contributed by atoms with Crippen LogP contribution in [0.2, 0.25) is 0 Å². The van der Waals surface area contributed by atoms with Gasteiger partial charge in [-0.15, -0.1) is 0 Å². The first-order valence-corrected chi connectivity index (χ1v) is 9.62. The van der Waals surface area contributed by atoms with Crippen molar-refractivity contribution in [1.29, 1.82) is 0 Å². The van der Waals surface area contributed by atoms with E-state index < -0.39 is 0 Å². The number of aromatic nitrogens is 2. The maximum absolute atomic E-state index is 12.5. The average molecular weight is 400 g/mol. The van der Waals surface area contributed by atoms with Gasteiger partial charge in [-0.05, 0) is 30.5 Å². The standard InChI is InChI=1S/C21H28N4O4/c1-4-12-25(21(27)17-15-22-10-11-23-17)13-8-20(26)24-9-7-16-5-6-18(28-2)19(14-16)29-3/h5-6,10-11,14-15H,4,7-9,12-13H2,1-3H3,(H,24,26). The van der Waals surface area contributed by atoms with Gasteiger partial charge in [0.15, 0.2) is 11.5 Å². The number of benzene rings is 1. The largest absolute Gasteiger partial charge is 0.493 e. The summed E-state index contributed by atoms with van der Waals surface area (Å²) in [6.45, 7) is 3.39. The van der Waals surface area contributed by atoms with Gasteiger partial charge in [0, 0.05) is 38.4 Å². The lowest BCUT2D eigenvalue weighted by Gasteiger charge is -2.21. The van der Waals surface area contributed by atoms with Crippen LogP contribution in [0.4, 0.5) is 0 Å². The Bertz CT molecular complexity index is 799. The van der Waals surface area contributed by atoms with Crippen molar-refractivity contribution in [3.05, 3.63) is 48.0 Å². The lowest BCUT2D eigenvalue weighted by molar-refractivity contribution is -0.121. The molecule has 0 aliphatic heterocycles. The van der Waals surface area contributed by atoms with E-state index in [2.05, 4.69) is 15.3 Å². The Balaban J connectivity index is 1.81. The maximum Gasteiger partial charge on any atom is 0.274 e. The fraction of sp³-hybridized carbons (Fsp3) is 0.429. The average Bonchev–Trinajstić information content (AvgIpc) is 2.76. The van der Waals surface area contributed by atoms with Crippen molar-refractivity contribution in [3.63, 3.8) is 0 Å². The molecule has 8 heteroatoms. The van der Waals surface area contributed by atoms with Crippen LogP contribution in [0.15, 0.2) is 36.8 Å². The summed E-state index contributed by atoms with van der Waals surface area (Å²) < 4.78 is 10.5. The van der Waals surface area contributed by atoms with Crippen LogP contribution < -0.4 is 14.8 Å². The van der Waals surface area contributed by atoms with E-state index in [1.54, 1.807) is 19.1 Å². The molecule has 2 rings (SSSR count). The van der Waals surface area contributed by atoms with Gasteiger partial charge in [0.2, 0.25) is 5.91 Å². The molecule has 0 spiro atoms. The normalized spacial score (nSPS) is 10.3. The first kappa shape index (κ1) is 22.1. The van der Waals surface area contributed by atoms with E-state index in [-0.39, 0.29) is 23.9 Å². The van der Waals surface area contributed by atoms with Crippen molar-refractivity contribution in [3.8, 4) is 11.5 Å². The van der Waals surface area contributed by atoms with Crippen LogP contribution in [0.25, 0.3) is 0 Å². The molecule has 0 radical (unpaired) electrons. The number of ether oxygens (including phenoxy) is 2. The van der Waals surface area contributed by atoms with Crippen LogP contribution in [0.3, 0.4) is 0 Å². The number of amides is 2. The molecule has 0 atom stereocenters. The van der Waals surface area contributed by atoms with Gasteiger partial charge in [0.05, 0.1) is 20.4 Å². The van der Waals surface area contributed by atoms with Crippen LogP contribution in [0, 0.1) is 0 Å². The topological polar surface area (TPSA) is 93.7 Å². The van der Waals surface area contributed by atoms with Crippen LogP contribution >= 0.6 is 0 Å². The zero-order valence-corrected chi connectivity index (χ0v) is 17.2. The third-order valence-electron chi connectivity index (χ3n) is 4.36. The minimum Gasteiger partial charge on any atom is -0.493 e. The Morgan fingerprint density at radius 2 is 1.90 bits per heavy atom. The summed E-state index contributed by atoms with van der Waals surface area (Å²) in [5.41, 5.74) is 1.32. The zero-order valence-electron chi connectivity index (χ0n) is 17.2. The van der Waals surface area contributed by atoms with Crippen molar-refractivity contribution in [1.82, 2.24) is 20.2 Å². The van der Waals surface area contributed by atoms with Gasteiger partial charge in [0.1, 0.15) is 5.69 Å². The van der Waals surface area contributed by atoms with Gasteiger partial charge in [0.25, 0.3) is 5.91 Å². The number of hydrogen-bond acceptors (Lipinski definition) is 6. The number of nitrogens with one attached hydrogen (secondary N) is 1. The SMILES string of the molecule is CCCN(CCC(=O)NCCc1ccc(OC)c(OC)c1)C(=O)c1cnccn1. The smallest absolute Gasteiger partial charge is 0.274 e. The quantitative estimate of drug-likeness (QED) is 0.621. The summed E-state index contributed by atoms with van der Waals surface area (Å²) in [4.78, 5) is 34.3. The van der Waals surface area contributed by atoms with Gasteiger partial charge in [-0.1, -0.05) is 13.0 Å². The molecule has 2 amide bonds. The molecular formula is C21H28N4O4. The highest BCUT2D eigenvalue weighted by atomic mass is 16.5. The predicted molar refractivity (Wildman–Crippen MR) is 109 cm³/mol. The highest BCUT2D eigenvalue weighted by Gasteiger charge is 2.17. The highest BCUT2D eigenvalue weighted by Crippen LogP contribution is 2.27. The van der Waals surface area contributed by atoms with E-state index in [0.717, 1.165) is 12.0 Å². The van der Waals surface area contributed by atoms with Crippen LogP contribution in [-0.2, 0) is 11.2 Å². The highest BCUT2D eigenvalue weighted by molar-refractivity contribution is 5.92. The molecule has 1 aromatic carbocycles. The minimum atomic E-state index is -0.210. The predicted octanol–water partition coefficient (Wildman–Crippen LogP) is 2.09. The number of rotatable bonds is 11. The summed E-state index contributed by atoms with van der Waals surface area (Å²) in [6.07, 6.45) is 6.15. The molecule has 1 heterocycles. The maximum atomic E-state index is 12.5. The Labute approximate surface area is 171 Å². The molecule has 0 saturated heterocycles. The van der Waals surface area contributed by atoms with Gasteiger partial charge in [-0.2, -0.15) is 0 Å². The monoisotopic (exact) mass is 400 g/mol. The molecule has 1 N–H and O–H groups in total. The number of carbonyl (C=O) groups is 2. The minimum absolute atomic E-state index is 0.0986. The van der Waals surface area contributed by atoms with Crippen LogP contribution in [0.1, 0.15) is 35.8 Å². The number of methoxy groups -OCH3 is 2. The summed E-state index contributed by atoms with van der Waals surface area (Å²) in [5.74, 6) is 1.02. The van der Waals surface area contributed by atoms with Crippen molar-refractivity contribution in [2.24, 2.45) is 0 Å². The van der Waals surface area contributed by atoms with Crippen LogP contribution in [-0.4, -0.2) is 60.5 Å². The zero-order chi connectivity index (χ0) is 21.1. The molecule has 2 aromatic rings. The first-order valence-electron chi connectivity index (χ1n) is 9.62. The molecule has 0 bridgehead atoms. The van der Waals surface area contributed by atoms with E-state index in [9.17, 15) is 9.59 Å². The van der Waals surface area contributed by atoms with E-state index in [0.29, 0.717) is 37.6 Å². The molecule has 0 fully saturated rings. The number of carbonyl (C=O) groups excluding carboxylic acids is 2. The molecule has 0 saturated carbocycles. The Hall–Kier alpha value is -3.16. The molecule has 8 nitrogen and oxygen atoms in total. The molecular weight excluding hydrogens is 372 g/mol. The molecule has 0 aliphatic carbocycles. The summed E-state index contributed by atoms with van der Waals surface area (Å²) in [6, 6.07) is 5.68. The Kier molecular flexibility index (Phi) is 8.88. The summed E-state index contributed by atoms with van der Waals surface area (Å²) in [5, 5.41) is 2.90. The van der Waals surface area contributed by atoms with Gasteiger partial charge in [-0.25, -0.2) is 4.98 Å². The fourth-order valence-corrected chi connectivity index (χ4v) is 2.86. The molecule has 0 unspecified atom stereocenters. The second-order valence-corrected chi connectivity index (χ2v) is 6.42. The van der Waals surface area contributed by atoms with Gasteiger partial charge >= 0.3 is 0 Å². The number of hydrogen-bond donors (Lipinski definition) is 1. The summed E-state index contributed by atoms with van der Waals surface area (Å²) >= 11 is 0. The Morgan fingerprint density at radius 1 is 1.10 bits per heavy atom. The van der Waals surface area contributed by atoms with E-state index in [1.165, 1.54) is 18.6 Å².